The van der Waals surface area contributed by atoms with Gasteiger partial charge in [-0.2, -0.15) is 5.06 Å². The SMILES string of the molecule is CCCCCON1C(=O)[C@@H]2[C@H]3O[C@@H]([C@@H]2C1=O)[C@@H]1[C@@H]3[C@@]2(Cl)C(Cl)=C(Cl)[C@@]1(Cl)C2(Cl)Cl. The number of amides is 2. The molecule has 11 heteroatoms. The zero-order chi connectivity index (χ0) is 21.1. The van der Waals surface area contributed by atoms with Crippen LogP contribution in [0.5, 0.6) is 0 Å². The summed E-state index contributed by atoms with van der Waals surface area (Å²) in [5.74, 6) is -3.46. The lowest BCUT2D eigenvalue weighted by atomic mass is 9.65. The van der Waals surface area contributed by atoms with Gasteiger partial charge in [0.15, 0.2) is 4.33 Å². The number of fused-ring (bicyclic) bond motifs is 12. The molecule has 0 unspecified atom stereocenters. The highest BCUT2D eigenvalue weighted by Gasteiger charge is 2.90. The van der Waals surface area contributed by atoms with Gasteiger partial charge in [0.25, 0.3) is 11.8 Å². The normalized spacial score (nSPS) is 48.9. The monoisotopic (exact) mass is 521 g/mol. The Morgan fingerprint density at radius 3 is 1.86 bits per heavy atom. The molecular weight excluding hydrogens is 507 g/mol. The third-order valence-electron chi connectivity index (χ3n) is 7.11. The highest BCUT2D eigenvalue weighted by Crippen LogP contribution is 2.81. The van der Waals surface area contributed by atoms with E-state index in [0.717, 1.165) is 24.3 Å². The summed E-state index contributed by atoms with van der Waals surface area (Å²) in [6.07, 6.45) is 1.29. The second-order valence-corrected chi connectivity index (χ2v) is 11.6. The largest absolute Gasteiger partial charge is 0.373 e. The molecular formula is C18H17Cl6NO4. The van der Waals surface area contributed by atoms with Crippen molar-refractivity contribution in [2.45, 2.75) is 52.5 Å². The molecule has 29 heavy (non-hydrogen) atoms. The lowest BCUT2D eigenvalue weighted by Crippen LogP contribution is -2.50. The first-order valence-electron chi connectivity index (χ1n) is 9.54. The van der Waals surface area contributed by atoms with Gasteiger partial charge in [-0.05, 0) is 6.42 Å². The first-order chi connectivity index (χ1) is 13.6. The number of carbonyl (C=O) groups is 2. The Hall–Kier alpha value is 0.540. The van der Waals surface area contributed by atoms with Gasteiger partial charge < -0.3 is 4.74 Å². The van der Waals surface area contributed by atoms with E-state index in [1.165, 1.54) is 0 Å². The van der Waals surface area contributed by atoms with Gasteiger partial charge in [0.2, 0.25) is 0 Å². The van der Waals surface area contributed by atoms with Crippen LogP contribution < -0.4 is 0 Å². The van der Waals surface area contributed by atoms with Crippen molar-refractivity contribution >= 4 is 81.4 Å². The van der Waals surface area contributed by atoms with Crippen molar-refractivity contribution in [2.75, 3.05) is 6.61 Å². The molecule has 0 N–H and O–H groups in total. The predicted octanol–water partition coefficient (Wildman–Crippen LogP) is 4.57. The van der Waals surface area contributed by atoms with Crippen LogP contribution in [0, 0.1) is 23.7 Å². The van der Waals surface area contributed by atoms with E-state index in [0.29, 0.717) is 6.61 Å². The number of hydrogen-bond acceptors (Lipinski definition) is 4. The number of carbonyl (C=O) groups excluding carboxylic acids is 2. The first kappa shape index (κ1) is 21.4. The van der Waals surface area contributed by atoms with E-state index in [1.54, 1.807) is 0 Å². The van der Waals surface area contributed by atoms with E-state index in [9.17, 15) is 9.59 Å². The lowest BCUT2D eigenvalue weighted by molar-refractivity contribution is -0.192. The molecule has 160 valence electrons. The summed E-state index contributed by atoms with van der Waals surface area (Å²) in [5, 5.41) is 1.02. The number of hydroxylamine groups is 2. The highest BCUT2D eigenvalue weighted by molar-refractivity contribution is 6.65. The summed E-state index contributed by atoms with van der Waals surface area (Å²) in [4.78, 5) is 28.5. The molecule has 2 aliphatic carbocycles. The first-order valence-corrected chi connectivity index (χ1v) is 11.8. The summed E-state index contributed by atoms with van der Waals surface area (Å²) in [6.45, 7) is 2.35. The minimum absolute atomic E-state index is 0.0687. The molecule has 0 aromatic rings. The number of allylic oxidation sites excluding steroid dienone is 2. The number of ether oxygens (including phenoxy) is 1. The van der Waals surface area contributed by atoms with E-state index in [-0.39, 0.29) is 10.1 Å². The Morgan fingerprint density at radius 1 is 0.931 bits per heavy atom. The van der Waals surface area contributed by atoms with Crippen molar-refractivity contribution in [1.29, 1.82) is 0 Å². The molecule has 5 rings (SSSR count). The number of alkyl halides is 4. The van der Waals surface area contributed by atoms with Gasteiger partial charge >= 0.3 is 0 Å². The van der Waals surface area contributed by atoms with Crippen LogP contribution in [0.3, 0.4) is 0 Å². The van der Waals surface area contributed by atoms with E-state index in [2.05, 4.69) is 6.92 Å². The van der Waals surface area contributed by atoms with E-state index < -0.39 is 61.8 Å². The third-order valence-corrected chi connectivity index (χ3v) is 11.4. The van der Waals surface area contributed by atoms with Crippen LogP contribution in [0.4, 0.5) is 0 Å². The molecule has 3 saturated heterocycles. The van der Waals surface area contributed by atoms with E-state index in [1.807, 2.05) is 0 Å². The molecule has 4 fully saturated rings. The van der Waals surface area contributed by atoms with Crippen molar-refractivity contribution in [3.05, 3.63) is 10.1 Å². The number of halogens is 6. The van der Waals surface area contributed by atoms with Crippen LogP contribution in [0.2, 0.25) is 0 Å². The molecule has 5 aliphatic rings. The van der Waals surface area contributed by atoms with Crippen LogP contribution >= 0.6 is 69.6 Å². The van der Waals surface area contributed by atoms with Crippen molar-refractivity contribution in [3.63, 3.8) is 0 Å². The van der Waals surface area contributed by atoms with Crippen molar-refractivity contribution in [2.24, 2.45) is 23.7 Å². The molecule has 8 atom stereocenters. The average Bonchev–Trinajstić information content (AvgIpc) is 3.37. The van der Waals surface area contributed by atoms with Gasteiger partial charge in [0.1, 0.15) is 9.75 Å². The number of unbranched alkanes of at least 4 members (excludes halogenated alkanes) is 2. The quantitative estimate of drug-likeness (QED) is 0.301. The van der Waals surface area contributed by atoms with Crippen LogP contribution in [0.1, 0.15) is 26.2 Å². The van der Waals surface area contributed by atoms with E-state index >= 15 is 0 Å². The molecule has 3 heterocycles. The maximum absolute atomic E-state index is 13.0. The highest BCUT2D eigenvalue weighted by atomic mass is 35.5. The Labute approximate surface area is 197 Å². The van der Waals surface area contributed by atoms with Gasteiger partial charge in [-0.3, -0.25) is 14.4 Å². The lowest BCUT2D eigenvalue weighted by Gasteiger charge is -2.39. The Bertz CT molecular complexity index is 792. The van der Waals surface area contributed by atoms with Crippen LogP contribution in [0.25, 0.3) is 0 Å². The molecule has 1 saturated carbocycles. The molecule has 2 amide bonds. The zero-order valence-electron chi connectivity index (χ0n) is 15.1. The minimum atomic E-state index is -1.71. The average molecular weight is 524 g/mol. The molecule has 5 nitrogen and oxygen atoms in total. The van der Waals surface area contributed by atoms with Crippen molar-refractivity contribution in [1.82, 2.24) is 5.06 Å². The van der Waals surface area contributed by atoms with Gasteiger partial charge in [-0.1, -0.05) is 66.2 Å². The topological polar surface area (TPSA) is 55.8 Å². The molecule has 0 spiro atoms. The third kappa shape index (κ3) is 2.16. The zero-order valence-corrected chi connectivity index (χ0v) is 19.7. The summed E-state index contributed by atoms with van der Waals surface area (Å²) >= 11 is 40.0. The number of hydrogen-bond donors (Lipinski definition) is 0. The van der Waals surface area contributed by atoms with Crippen LogP contribution in [-0.4, -0.2) is 49.8 Å². The fraction of sp³-hybridized carbons (Fsp3) is 0.778. The van der Waals surface area contributed by atoms with E-state index in [4.69, 9.17) is 79.2 Å². The molecule has 0 aromatic heterocycles. The predicted molar refractivity (Wildman–Crippen MR) is 110 cm³/mol. The fourth-order valence-electron chi connectivity index (χ4n) is 5.91. The summed E-state index contributed by atoms with van der Waals surface area (Å²) in [5.41, 5.74) is 0. The summed E-state index contributed by atoms with van der Waals surface area (Å²) in [6, 6.07) is 0. The Balaban J connectivity index is 1.50. The second kappa shape index (κ2) is 6.54. The standard InChI is InChI=1S/C18H17Cl6NO4/c1-2-3-4-5-28-25-14(26)6-7(15(25)27)11-9-8(10(6)29-11)16(21)12(19)13(20)17(9,22)18(16,23)24/h6-11H,2-5H2,1H3/t6-,7+,8-,9-,10+,11-,16+,17+/m0/s1. The van der Waals surface area contributed by atoms with Crippen molar-refractivity contribution < 1.29 is 19.2 Å². The summed E-state index contributed by atoms with van der Waals surface area (Å²) < 4.78 is 4.37. The Morgan fingerprint density at radius 2 is 1.41 bits per heavy atom. The second-order valence-electron chi connectivity index (χ2n) is 8.31. The Kier molecular flexibility index (Phi) is 4.82. The number of imide groups is 1. The van der Waals surface area contributed by atoms with Gasteiger partial charge in [0, 0.05) is 11.8 Å². The summed E-state index contributed by atoms with van der Waals surface area (Å²) in [7, 11) is 0. The number of nitrogens with zero attached hydrogens (tertiary/aromatic N) is 1. The van der Waals surface area contributed by atoms with Gasteiger partial charge in [-0.25, -0.2) is 0 Å². The minimum Gasteiger partial charge on any atom is -0.373 e. The maximum atomic E-state index is 13.0. The van der Waals surface area contributed by atoms with Gasteiger partial charge in [-0.15, -0.1) is 23.2 Å². The number of rotatable bonds is 5. The van der Waals surface area contributed by atoms with Gasteiger partial charge in [0.05, 0.1) is 40.7 Å². The molecule has 3 aliphatic heterocycles. The van der Waals surface area contributed by atoms with Crippen molar-refractivity contribution in [3.8, 4) is 0 Å². The maximum Gasteiger partial charge on any atom is 0.260 e. The molecule has 4 bridgehead atoms. The fourth-order valence-corrected chi connectivity index (χ4v) is 8.97. The smallest absolute Gasteiger partial charge is 0.260 e. The van der Waals surface area contributed by atoms with Crippen LogP contribution in [0.15, 0.2) is 10.1 Å². The molecule has 0 radical (unpaired) electrons. The molecule has 0 aromatic carbocycles. The van der Waals surface area contributed by atoms with Crippen LogP contribution in [-0.2, 0) is 19.2 Å².